The highest BCUT2D eigenvalue weighted by molar-refractivity contribution is 7.90. The Morgan fingerprint density at radius 3 is 2.36 bits per heavy atom. The number of ether oxygens (including phenoxy) is 2. The zero-order chi connectivity index (χ0) is 18.2. The van der Waals surface area contributed by atoms with Gasteiger partial charge in [0.2, 0.25) is 0 Å². The number of hydrogen-bond acceptors (Lipinski definition) is 5. The fraction of sp³-hybridized carbons (Fsp3) is 0.118. The Morgan fingerprint density at radius 2 is 1.72 bits per heavy atom. The van der Waals surface area contributed by atoms with Crippen LogP contribution in [0.25, 0.3) is 10.9 Å². The number of pyridine rings is 1. The average Bonchev–Trinajstić information content (AvgIpc) is 2.56. The van der Waals surface area contributed by atoms with Crippen LogP contribution in [0.5, 0.6) is 17.2 Å². The van der Waals surface area contributed by atoms with Crippen LogP contribution < -0.4 is 9.47 Å². The summed E-state index contributed by atoms with van der Waals surface area (Å²) in [5.74, 6) is -1.35. The summed E-state index contributed by atoms with van der Waals surface area (Å²) in [6.07, 6.45) is 1.05. The van der Waals surface area contributed by atoms with Gasteiger partial charge in [0, 0.05) is 17.7 Å². The topological polar surface area (TPSA) is 65.5 Å². The Kier molecular flexibility index (Phi) is 4.30. The van der Waals surface area contributed by atoms with Gasteiger partial charge in [-0.3, -0.25) is 0 Å². The van der Waals surface area contributed by atoms with E-state index in [0.29, 0.717) is 22.7 Å². The average molecular weight is 365 g/mol. The molecule has 1 heterocycles. The van der Waals surface area contributed by atoms with E-state index >= 15 is 0 Å². The molecule has 3 aromatic rings. The number of methoxy groups -OCH3 is 1. The summed E-state index contributed by atoms with van der Waals surface area (Å²) < 4.78 is 61.0. The quantitative estimate of drug-likeness (QED) is 0.705. The first kappa shape index (κ1) is 17.1. The van der Waals surface area contributed by atoms with E-state index in [1.165, 1.54) is 25.3 Å². The van der Waals surface area contributed by atoms with Crippen molar-refractivity contribution in [3.05, 3.63) is 54.1 Å². The molecule has 1 aromatic heterocycles. The Bertz CT molecular complexity index is 1070. The van der Waals surface area contributed by atoms with Crippen LogP contribution in [-0.2, 0) is 9.84 Å². The lowest BCUT2D eigenvalue weighted by Gasteiger charge is -2.14. The first-order chi connectivity index (χ1) is 11.8. The first-order valence-electron chi connectivity index (χ1n) is 7.10. The van der Waals surface area contributed by atoms with Crippen molar-refractivity contribution in [3.63, 3.8) is 0 Å². The summed E-state index contributed by atoms with van der Waals surface area (Å²) in [7, 11) is -2.07. The van der Waals surface area contributed by atoms with Gasteiger partial charge in [0.1, 0.15) is 5.82 Å². The third-order valence-electron chi connectivity index (χ3n) is 3.47. The molecule has 0 unspecified atom stereocenters. The largest absolute Gasteiger partial charge is 0.493 e. The molecule has 0 saturated heterocycles. The molecule has 2 aromatic carbocycles. The lowest BCUT2D eigenvalue weighted by molar-refractivity contribution is 0.373. The van der Waals surface area contributed by atoms with Gasteiger partial charge in [-0.2, -0.15) is 0 Å². The van der Waals surface area contributed by atoms with Crippen LogP contribution in [-0.4, -0.2) is 26.8 Å². The van der Waals surface area contributed by atoms with Gasteiger partial charge in [-0.05, 0) is 36.4 Å². The van der Waals surface area contributed by atoms with Crippen LogP contribution in [0, 0.1) is 11.6 Å². The Morgan fingerprint density at radius 1 is 1.00 bits per heavy atom. The van der Waals surface area contributed by atoms with E-state index in [0.717, 1.165) is 18.4 Å². The van der Waals surface area contributed by atoms with E-state index in [-0.39, 0.29) is 16.5 Å². The molecule has 3 rings (SSSR count). The summed E-state index contributed by atoms with van der Waals surface area (Å²) in [4.78, 5) is 4.08. The third kappa shape index (κ3) is 3.39. The SMILES string of the molecule is COc1ccc2nc(S(C)(=O)=O)ccc2c1Oc1ccc(F)cc1F. The lowest BCUT2D eigenvalue weighted by Crippen LogP contribution is -2.01. The fourth-order valence-corrected chi connectivity index (χ4v) is 2.86. The van der Waals surface area contributed by atoms with Gasteiger partial charge in [0.15, 0.2) is 37.9 Å². The summed E-state index contributed by atoms with van der Waals surface area (Å²) >= 11 is 0. The molecule has 0 aliphatic heterocycles. The number of aromatic nitrogens is 1. The minimum absolute atomic E-state index is 0.0934. The molecule has 0 saturated carbocycles. The normalized spacial score (nSPS) is 11.5. The van der Waals surface area contributed by atoms with E-state index in [2.05, 4.69) is 4.98 Å². The van der Waals surface area contributed by atoms with Crippen molar-refractivity contribution in [1.82, 2.24) is 4.98 Å². The molecular weight excluding hydrogens is 352 g/mol. The van der Waals surface area contributed by atoms with Crippen LogP contribution in [0.2, 0.25) is 0 Å². The monoisotopic (exact) mass is 365 g/mol. The fourth-order valence-electron chi connectivity index (χ4n) is 2.28. The third-order valence-corrected chi connectivity index (χ3v) is 4.45. The van der Waals surface area contributed by atoms with Crippen molar-refractivity contribution in [2.45, 2.75) is 5.03 Å². The van der Waals surface area contributed by atoms with Gasteiger partial charge in [-0.1, -0.05) is 0 Å². The molecule has 130 valence electrons. The molecule has 0 N–H and O–H groups in total. The minimum atomic E-state index is -3.48. The highest BCUT2D eigenvalue weighted by atomic mass is 32.2. The number of fused-ring (bicyclic) bond motifs is 1. The van der Waals surface area contributed by atoms with E-state index in [9.17, 15) is 17.2 Å². The molecule has 0 radical (unpaired) electrons. The molecule has 0 amide bonds. The second-order valence-corrected chi connectivity index (χ2v) is 7.22. The number of hydrogen-bond donors (Lipinski definition) is 0. The predicted molar refractivity (Wildman–Crippen MR) is 87.8 cm³/mol. The van der Waals surface area contributed by atoms with Crippen molar-refractivity contribution in [2.24, 2.45) is 0 Å². The van der Waals surface area contributed by atoms with E-state index in [1.54, 1.807) is 6.07 Å². The van der Waals surface area contributed by atoms with Crippen LogP contribution in [0.4, 0.5) is 8.78 Å². The summed E-state index contributed by atoms with van der Waals surface area (Å²) in [6, 6.07) is 8.84. The van der Waals surface area contributed by atoms with Crippen LogP contribution in [0.3, 0.4) is 0 Å². The van der Waals surface area contributed by atoms with Crippen LogP contribution in [0.1, 0.15) is 0 Å². The van der Waals surface area contributed by atoms with Crippen molar-refractivity contribution in [1.29, 1.82) is 0 Å². The van der Waals surface area contributed by atoms with Crippen molar-refractivity contribution in [3.8, 4) is 17.2 Å². The smallest absolute Gasteiger partial charge is 0.192 e. The van der Waals surface area contributed by atoms with Gasteiger partial charge >= 0.3 is 0 Å². The molecule has 0 aliphatic rings. The van der Waals surface area contributed by atoms with Crippen molar-refractivity contribution in [2.75, 3.05) is 13.4 Å². The maximum Gasteiger partial charge on any atom is 0.192 e. The second kappa shape index (κ2) is 6.29. The van der Waals surface area contributed by atoms with E-state index in [1.807, 2.05) is 0 Å². The molecule has 0 atom stereocenters. The number of rotatable bonds is 4. The van der Waals surface area contributed by atoms with Gasteiger partial charge < -0.3 is 9.47 Å². The molecule has 0 aliphatic carbocycles. The minimum Gasteiger partial charge on any atom is -0.493 e. The zero-order valence-corrected chi connectivity index (χ0v) is 14.1. The highest BCUT2D eigenvalue weighted by Crippen LogP contribution is 2.39. The Hall–Kier alpha value is -2.74. The van der Waals surface area contributed by atoms with Gasteiger partial charge in [0.05, 0.1) is 12.6 Å². The van der Waals surface area contributed by atoms with Crippen LogP contribution >= 0.6 is 0 Å². The van der Waals surface area contributed by atoms with E-state index in [4.69, 9.17) is 9.47 Å². The summed E-state index contributed by atoms with van der Waals surface area (Å²) in [5.41, 5.74) is 0.334. The number of benzene rings is 2. The first-order valence-corrected chi connectivity index (χ1v) is 8.99. The Labute approximate surface area is 142 Å². The van der Waals surface area contributed by atoms with Gasteiger partial charge in [-0.25, -0.2) is 22.2 Å². The molecule has 5 nitrogen and oxygen atoms in total. The molecule has 25 heavy (non-hydrogen) atoms. The van der Waals surface area contributed by atoms with Gasteiger partial charge in [-0.15, -0.1) is 0 Å². The number of nitrogens with zero attached hydrogens (tertiary/aromatic N) is 1. The standard InChI is InChI=1S/C17H13F2NO4S/c1-23-15-7-5-13-11(4-8-16(20-13)25(2,21)22)17(15)24-14-6-3-10(18)9-12(14)19/h3-9H,1-2H3. The second-order valence-electron chi connectivity index (χ2n) is 5.26. The number of sulfone groups is 1. The molecule has 8 heteroatoms. The molecule has 0 spiro atoms. The molecular formula is C17H13F2NO4S. The summed E-state index contributed by atoms with van der Waals surface area (Å²) in [5, 5.41) is 0.333. The maximum absolute atomic E-state index is 13.9. The number of halogens is 2. The van der Waals surface area contributed by atoms with E-state index < -0.39 is 21.5 Å². The van der Waals surface area contributed by atoms with Crippen LogP contribution in [0.15, 0.2) is 47.5 Å². The van der Waals surface area contributed by atoms with Gasteiger partial charge in [0.25, 0.3) is 0 Å². The predicted octanol–water partition coefficient (Wildman–Crippen LogP) is 3.72. The Balaban J connectivity index is 2.18. The summed E-state index contributed by atoms with van der Waals surface area (Å²) in [6.45, 7) is 0. The molecule has 0 bridgehead atoms. The highest BCUT2D eigenvalue weighted by Gasteiger charge is 2.17. The maximum atomic E-state index is 13.9. The molecule has 0 fully saturated rings. The van der Waals surface area contributed by atoms with Crippen molar-refractivity contribution >= 4 is 20.7 Å². The zero-order valence-electron chi connectivity index (χ0n) is 13.3. The lowest BCUT2D eigenvalue weighted by atomic mass is 10.2. The van der Waals surface area contributed by atoms with Crippen molar-refractivity contribution < 1.29 is 26.7 Å².